The van der Waals surface area contributed by atoms with Gasteiger partial charge in [-0.15, -0.1) is 0 Å². The number of carbonyl (C=O) groups is 1. The predicted molar refractivity (Wildman–Crippen MR) is 122 cm³/mol. The third kappa shape index (κ3) is 3.40. The van der Waals surface area contributed by atoms with Crippen LogP contribution in [0.2, 0.25) is 0 Å². The van der Waals surface area contributed by atoms with Crippen LogP contribution in [-0.2, 0) is 11.2 Å². The molecule has 3 aliphatic rings. The molecule has 1 aliphatic carbocycles. The maximum Gasteiger partial charge on any atom is 0.247 e. The summed E-state index contributed by atoms with van der Waals surface area (Å²) in [4.78, 5) is 17.5. The molecule has 0 radical (unpaired) electrons. The van der Waals surface area contributed by atoms with Gasteiger partial charge in [0.2, 0.25) is 5.91 Å². The van der Waals surface area contributed by atoms with E-state index in [1.165, 1.54) is 0 Å². The van der Waals surface area contributed by atoms with Crippen LogP contribution in [0.3, 0.4) is 0 Å². The molecule has 0 bridgehead atoms. The molecule has 170 valence electrons. The van der Waals surface area contributed by atoms with Crippen molar-refractivity contribution in [3.05, 3.63) is 53.6 Å². The molecular weight excluding hydrogens is 406 g/mol. The van der Waals surface area contributed by atoms with E-state index < -0.39 is 11.6 Å². The Morgan fingerprint density at radius 1 is 1.09 bits per heavy atom. The quantitative estimate of drug-likeness (QED) is 0.748. The number of hydrogen-bond donors (Lipinski definition) is 2. The van der Waals surface area contributed by atoms with Crippen molar-refractivity contribution >= 4 is 11.6 Å². The van der Waals surface area contributed by atoms with E-state index in [1.54, 1.807) is 14.2 Å². The van der Waals surface area contributed by atoms with Crippen molar-refractivity contribution < 1.29 is 19.4 Å². The molecule has 2 atom stereocenters. The third-order valence-electron chi connectivity index (χ3n) is 7.47. The number of piperidine rings is 1. The lowest BCUT2D eigenvalue weighted by Gasteiger charge is -2.44. The van der Waals surface area contributed by atoms with Crippen molar-refractivity contribution in [1.29, 1.82) is 0 Å². The SMILES string of the molecule is COc1cc2c(cc1OC)C(O)C(CN1CCC3(CC1)C(=O)NCN3c1ccccc1)C2. The minimum atomic E-state index is -0.517. The third-order valence-corrected chi connectivity index (χ3v) is 7.47. The molecule has 2 saturated heterocycles. The first-order valence-electron chi connectivity index (χ1n) is 11.3. The minimum absolute atomic E-state index is 0.124. The Kier molecular flexibility index (Phi) is 5.47. The van der Waals surface area contributed by atoms with E-state index in [1.807, 2.05) is 30.3 Å². The van der Waals surface area contributed by atoms with Gasteiger partial charge in [-0.05, 0) is 54.7 Å². The number of hydrogen-bond acceptors (Lipinski definition) is 6. The Bertz CT molecular complexity index is 988. The lowest BCUT2D eigenvalue weighted by Crippen LogP contribution is -2.57. The van der Waals surface area contributed by atoms with Gasteiger partial charge in [0.15, 0.2) is 11.5 Å². The van der Waals surface area contributed by atoms with Gasteiger partial charge < -0.3 is 29.7 Å². The maximum atomic E-state index is 12.9. The van der Waals surface area contributed by atoms with Crippen LogP contribution in [0.1, 0.15) is 30.1 Å². The summed E-state index contributed by atoms with van der Waals surface area (Å²) in [5, 5.41) is 14.1. The van der Waals surface area contributed by atoms with E-state index in [4.69, 9.17) is 9.47 Å². The molecule has 1 amide bonds. The molecule has 1 spiro atoms. The first-order chi connectivity index (χ1) is 15.6. The number of benzene rings is 2. The molecule has 5 rings (SSSR count). The van der Waals surface area contributed by atoms with Crippen LogP contribution in [0.15, 0.2) is 42.5 Å². The van der Waals surface area contributed by atoms with E-state index in [0.29, 0.717) is 18.2 Å². The van der Waals surface area contributed by atoms with E-state index in [9.17, 15) is 9.90 Å². The second-order valence-electron chi connectivity index (χ2n) is 9.07. The summed E-state index contributed by atoms with van der Waals surface area (Å²) in [6, 6.07) is 14.1. The van der Waals surface area contributed by atoms with Gasteiger partial charge in [0.25, 0.3) is 0 Å². The molecule has 7 nitrogen and oxygen atoms in total. The summed E-state index contributed by atoms with van der Waals surface area (Å²) in [6.07, 6.45) is 1.86. The average molecular weight is 438 g/mol. The topological polar surface area (TPSA) is 74.3 Å². The highest BCUT2D eigenvalue weighted by Crippen LogP contribution is 2.43. The van der Waals surface area contributed by atoms with E-state index in [-0.39, 0.29) is 11.8 Å². The summed E-state index contributed by atoms with van der Waals surface area (Å²) < 4.78 is 10.8. The van der Waals surface area contributed by atoms with Crippen LogP contribution >= 0.6 is 0 Å². The van der Waals surface area contributed by atoms with Crippen LogP contribution < -0.4 is 19.7 Å². The summed E-state index contributed by atoms with van der Waals surface area (Å²) in [7, 11) is 3.25. The van der Waals surface area contributed by atoms with Crippen molar-refractivity contribution in [3.63, 3.8) is 0 Å². The predicted octanol–water partition coefficient (Wildman–Crippen LogP) is 2.34. The highest BCUT2D eigenvalue weighted by Gasteiger charge is 2.50. The number of aliphatic hydroxyl groups is 1. The minimum Gasteiger partial charge on any atom is -0.493 e. The number of likely N-dealkylation sites (tertiary alicyclic amines) is 1. The fourth-order valence-electron chi connectivity index (χ4n) is 5.67. The summed E-state index contributed by atoms with van der Waals surface area (Å²) in [6.45, 7) is 3.04. The van der Waals surface area contributed by atoms with Crippen LogP contribution in [0.5, 0.6) is 11.5 Å². The number of nitrogens with one attached hydrogen (secondary N) is 1. The Labute approximate surface area is 188 Å². The first-order valence-corrected chi connectivity index (χ1v) is 11.3. The van der Waals surface area contributed by atoms with Crippen molar-refractivity contribution in [3.8, 4) is 11.5 Å². The second kappa shape index (κ2) is 8.30. The van der Waals surface area contributed by atoms with Crippen molar-refractivity contribution in [1.82, 2.24) is 10.2 Å². The monoisotopic (exact) mass is 437 g/mol. The number of amides is 1. The number of para-hydroxylation sites is 1. The zero-order valence-electron chi connectivity index (χ0n) is 18.7. The summed E-state index contributed by atoms with van der Waals surface area (Å²) in [5.74, 6) is 1.61. The average Bonchev–Trinajstić information content (AvgIpc) is 3.31. The molecule has 2 aromatic rings. The van der Waals surface area contributed by atoms with E-state index in [0.717, 1.165) is 55.7 Å². The zero-order chi connectivity index (χ0) is 22.3. The first kappa shape index (κ1) is 21.1. The molecular formula is C25H31N3O4. The highest BCUT2D eigenvalue weighted by molar-refractivity contribution is 5.93. The van der Waals surface area contributed by atoms with Gasteiger partial charge in [-0.25, -0.2) is 0 Å². The molecule has 32 heavy (non-hydrogen) atoms. The largest absolute Gasteiger partial charge is 0.493 e. The van der Waals surface area contributed by atoms with E-state index in [2.05, 4.69) is 27.2 Å². The maximum absolute atomic E-state index is 12.9. The van der Waals surface area contributed by atoms with Crippen LogP contribution in [-0.4, -0.2) is 62.0 Å². The molecule has 2 fully saturated rings. The fraction of sp³-hybridized carbons (Fsp3) is 0.480. The molecule has 7 heteroatoms. The molecule has 2 heterocycles. The molecule has 2 unspecified atom stereocenters. The number of methoxy groups -OCH3 is 2. The standard InChI is InChI=1S/C25H31N3O4/c1-31-21-13-17-12-18(23(29)20(17)14-22(21)32-2)15-27-10-8-25(9-11-27)24(30)26-16-28(25)19-6-4-3-5-7-19/h3-7,13-14,18,23,29H,8-12,15-16H2,1-2H3,(H,26,30). The van der Waals surface area contributed by atoms with Gasteiger partial charge in [-0.2, -0.15) is 0 Å². The Hall–Kier alpha value is -2.77. The summed E-state index contributed by atoms with van der Waals surface area (Å²) >= 11 is 0. The molecule has 2 aromatic carbocycles. The van der Waals surface area contributed by atoms with Gasteiger partial charge in [-0.1, -0.05) is 18.2 Å². The lowest BCUT2D eigenvalue weighted by molar-refractivity contribution is -0.125. The van der Waals surface area contributed by atoms with Crippen LogP contribution in [0.25, 0.3) is 0 Å². The Morgan fingerprint density at radius 2 is 1.78 bits per heavy atom. The Morgan fingerprint density at radius 3 is 2.47 bits per heavy atom. The molecule has 0 saturated carbocycles. The van der Waals surface area contributed by atoms with Gasteiger partial charge >= 0.3 is 0 Å². The fourth-order valence-corrected chi connectivity index (χ4v) is 5.67. The smallest absolute Gasteiger partial charge is 0.247 e. The number of aliphatic hydroxyl groups excluding tert-OH is 1. The van der Waals surface area contributed by atoms with Crippen molar-refractivity contribution in [2.75, 3.05) is 45.4 Å². The Balaban J connectivity index is 1.27. The number of nitrogens with zero attached hydrogens (tertiary/aromatic N) is 2. The second-order valence-corrected chi connectivity index (χ2v) is 9.07. The number of rotatable bonds is 5. The highest BCUT2D eigenvalue weighted by atomic mass is 16.5. The number of carbonyl (C=O) groups excluding carboxylic acids is 1. The number of fused-ring (bicyclic) bond motifs is 1. The van der Waals surface area contributed by atoms with Gasteiger partial charge in [0.1, 0.15) is 5.54 Å². The van der Waals surface area contributed by atoms with Crippen molar-refractivity contribution in [2.24, 2.45) is 5.92 Å². The van der Waals surface area contributed by atoms with E-state index >= 15 is 0 Å². The summed E-state index contributed by atoms with van der Waals surface area (Å²) in [5.41, 5.74) is 2.67. The molecule has 0 aromatic heterocycles. The number of ether oxygens (including phenoxy) is 2. The lowest BCUT2D eigenvalue weighted by atomic mass is 9.85. The van der Waals surface area contributed by atoms with Crippen LogP contribution in [0.4, 0.5) is 5.69 Å². The van der Waals surface area contributed by atoms with Gasteiger partial charge in [-0.3, -0.25) is 4.79 Å². The van der Waals surface area contributed by atoms with Gasteiger partial charge in [0.05, 0.1) is 27.0 Å². The molecule has 2 aliphatic heterocycles. The van der Waals surface area contributed by atoms with Crippen molar-refractivity contribution in [2.45, 2.75) is 30.9 Å². The van der Waals surface area contributed by atoms with Gasteiger partial charge in [0, 0.05) is 31.2 Å². The normalized spacial score (nSPS) is 24.5. The zero-order valence-corrected chi connectivity index (χ0v) is 18.7. The van der Waals surface area contributed by atoms with Crippen LogP contribution in [0, 0.1) is 5.92 Å². The molecule has 2 N–H and O–H groups in total. The number of anilines is 1.